The minimum Gasteiger partial charge on any atom is -0.497 e. The van der Waals surface area contributed by atoms with E-state index in [0.717, 1.165) is 11.3 Å². The lowest BCUT2D eigenvalue weighted by Crippen LogP contribution is -2.36. The highest BCUT2D eigenvalue weighted by molar-refractivity contribution is 8.05. The summed E-state index contributed by atoms with van der Waals surface area (Å²) in [4.78, 5) is 24.3. The van der Waals surface area contributed by atoms with Crippen molar-refractivity contribution in [1.82, 2.24) is 0 Å². The zero-order valence-corrected chi connectivity index (χ0v) is 14.0. The van der Waals surface area contributed by atoms with Crippen molar-refractivity contribution in [3.05, 3.63) is 58.5 Å². The minimum atomic E-state index is -0.999. The molecule has 1 atom stereocenters. The number of carboxylic acids is 1. The second kappa shape index (κ2) is 6.49. The van der Waals surface area contributed by atoms with Crippen LogP contribution in [0.15, 0.2) is 53.0 Å². The van der Waals surface area contributed by atoms with Gasteiger partial charge in [0.25, 0.3) is 0 Å². The smallest absolute Gasteiger partial charge is 0.425 e. The number of carboxylic acid groups (broad SMARTS) is 1. The summed E-state index contributed by atoms with van der Waals surface area (Å²) in [6, 6.07) is 7.48. The van der Waals surface area contributed by atoms with E-state index < -0.39 is 5.97 Å². The number of benzene rings is 1. The van der Waals surface area contributed by atoms with Gasteiger partial charge in [-0.05, 0) is 29.8 Å². The molecule has 0 fully saturated rings. The quantitative estimate of drug-likeness (QED) is 0.675. The molecular formula is C18H16NO4S+. The van der Waals surface area contributed by atoms with E-state index in [1.165, 1.54) is 16.3 Å². The second-order valence-corrected chi connectivity index (χ2v) is 6.56. The third-order valence-corrected chi connectivity index (χ3v) is 5.04. The Hall–Kier alpha value is -2.60. The Bertz CT molecular complexity index is 848. The number of thioether (sulfide) groups is 1. The van der Waals surface area contributed by atoms with E-state index in [0.29, 0.717) is 10.6 Å². The summed E-state index contributed by atoms with van der Waals surface area (Å²) in [7, 11) is 3.26. The summed E-state index contributed by atoms with van der Waals surface area (Å²) in [6.45, 7) is 0. The van der Waals surface area contributed by atoms with Crippen LogP contribution in [0.4, 0.5) is 0 Å². The fraction of sp³-hybridized carbons (Fsp3) is 0.167. The van der Waals surface area contributed by atoms with E-state index >= 15 is 0 Å². The molecule has 0 bridgehead atoms. The van der Waals surface area contributed by atoms with E-state index in [-0.39, 0.29) is 16.7 Å². The van der Waals surface area contributed by atoms with Gasteiger partial charge in [-0.1, -0.05) is 30.0 Å². The predicted octanol–water partition coefficient (Wildman–Crippen LogP) is 2.34. The fourth-order valence-corrected chi connectivity index (χ4v) is 3.77. The third kappa shape index (κ3) is 3.05. The molecule has 1 N–H and O–H groups in total. The first kappa shape index (κ1) is 16.3. The summed E-state index contributed by atoms with van der Waals surface area (Å²) >= 11 is 1.42. The molecular weight excluding hydrogens is 326 g/mol. The Kier molecular flexibility index (Phi) is 4.40. The van der Waals surface area contributed by atoms with Crippen LogP contribution in [0.5, 0.6) is 5.75 Å². The van der Waals surface area contributed by atoms with E-state index in [1.54, 1.807) is 26.3 Å². The molecule has 2 aliphatic rings. The third-order valence-electron chi connectivity index (χ3n) is 3.84. The summed E-state index contributed by atoms with van der Waals surface area (Å²) < 4.78 is 6.72. The van der Waals surface area contributed by atoms with Gasteiger partial charge >= 0.3 is 11.9 Å². The number of rotatable bonds is 3. The second-order valence-electron chi connectivity index (χ2n) is 5.38. The number of amides is 1. The number of nitrogens with zero attached hydrogens (tertiary/aromatic N) is 1. The molecule has 5 nitrogen and oxygen atoms in total. The maximum absolute atomic E-state index is 12.6. The summed E-state index contributed by atoms with van der Waals surface area (Å²) in [5.74, 6) is -0.420. The predicted molar refractivity (Wildman–Crippen MR) is 93.4 cm³/mol. The maximum atomic E-state index is 12.6. The van der Waals surface area contributed by atoms with E-state index in [4.69, 9.17) is 9.84 Å². The lowest BCUT2D eigenvalue weighted by atomic mass is 10.0. The normalized spacial score (nSPS) is 21.6. The molecule has 3 rings (SSSR count). The van der Waals surface area contributed by atoms with Gasteiger partial charge in [-0.3, -0.25) is 0 Å². The lowest BCUT2D eigenvalue weighted by molar-refractivity contribution is -0.413. The van der Waals surface area contributed by atoms with Gasteiger partial charge in [-0.25, -0.2) is 9.59 Å². The number of allylic oxidation sites excluding steroid dienone is 1. The summed E-state index contributed by atoms with van der Waals surface area (Å²) in [6.07, 6.45) is 6.77. The largest absolute Gasteiger partial charge is 0.497 e. The molecule has 1 aliphatic heterocycles. The Morgan fingerprint density at radius 3 is 2.92 bits per heavy atom. The first-order chi connectivity index (χ1) is 11.5. The Morgan fingerprint density at radius 1 is 1.42 bits per heavy atom. The number of ether oxygens (including phenoxy) is 1. The van der Waals surface area contributed by atoms with Crippen molar-refractivity contribution in [2.24, 2.45) is 0 Å². The number of aliphatic carboxylic acids is 1. The van der Waals surface area contributed by atoms with Gasteiger partial charge in [-0.2, -0.15) is 4.58 Å². The molecule has 0 saturated heterocycles. The van der Waals surface area contributed by atoms with Crippen LogP contribution in [0.1, 0.15) is 5.56 Å². The van der Waals surface area contributed by atoms with Crippen molar-refractivity contribution in [3.8, 4) is 5.75 Å². The minimum absolute atomic E-state index is 0.0762. The van der Waals surface area contributed by atoms with Crippen LogP contribution in [-0.2, 0) is 9.59 Å². The van der Waals surface area contributed by atoms with E-state index in [2.05, 4.69) is 0 Å². The average Bonchev–Trinajstić information content (AvgIpc) is 2.59. The highest BCUT2D eigenvalue weighted by Gasteiger charge is 2.37. The zero-order chi connectivity index (χ0) is 17.3. The van der Waals surface area contributed by atoms with Crippen molar-refractivity contribution >= 4 is 35.4 Å². The summed E-state index contributed by atoms with van der Waals surface area (Å²) in [5.41, 5.74) is 1.75. The summed E-state index contributed by atoms with van der Waals surface area (Å²) in [5, 5.41) is 9.03. The molecule has 0 spiro atoms. The monoisotopic (exact) mass is 342 g/mol. The zero-order valence-electron chi connectivity index (χ0n) is 13.2. The van der Waals surface area contributed by atoms with Crippen LogP contribution < -0.4 is 4.74 Å². The highest BCUT2D eigenvalue weighted by atomic mass is 32.2. The number of likely N-dealkylation sites (N-methyl/N-ethyl adjacent to an activating group) is 1. The molecule has 24 heavy (non-hydrogen) atoms. The molecule has 6 heteroatoms. The number of carbonyl (C=O) groups is 2. The number of hydrogen-bond donors (Lipinski definition) is 1. The fourth-order valence-electron chi connectivity index (χ4n) is 2.55. The van der Waals surface area contributed by atoms with Crippen molar-refractivity contribution in [2.75, 3.05) is 14.2 Å². The Labute approximate surface area is 143 Å². The molecule has 0 aromatic heterocycles. The lowest BCUT2D eigenvalue weighted by Gasteiger charge is -2.20. The first-order valence-corrected chi connectivity index (χ1v) is 8.18. The van der Waals surface area contributed by atoms with Crippen LogP contribution in [0, 0.1) is 0 Å². The van der Waals surface area contributed by atoms with Crippen LogP contribution in [-0.4, -0.2) is 46.7 Å². The molecule has 0 saturated carbocycles. The number of hydrogen-bond acceptors (Lipinski definition) is 4. The van der Waals surface area contributed by atoms with Gasteiger partial charge in [0.05, 0.1) is 12.7 Å². The molecule has 1 heterocycles. The van der Waals surface area contributed by atoms with Crippen molar-refractivity contribution < 1.29 is 24.0 Å². The number of carbonyl (C=O) groups excluding carboxylic acids is 1. The van der Waals surface area contributed by atoms with Crippen molar-refractivity contribution in [1.29, 1.82) is 0 Å². The average molecular weight is 342 g/mol. The Balaban J connectivity index is 1.98. The topological polar surface area (TPSA) is 66.6 Å². The van der Waals surface area contributed by atoms with E-state index in [9.17, 15) is 9.59 Å². The van der Waals surface area contributed by atoms with Gasteiger partial charge in [0, 0.05) is 6.08 Å². The number of methoxy groups -OCH3 is 1. The van der Waals surface area contributed by atoms with E-state index in [1.807, 2.05) is 36.4 Å². The van der Waals surface area contributed by atoms with Gasteiger partial charge in [0.15, 0.2) is 0 Å². The molecule has 1 unspecified atom stereocenters. The first-order valence-electron chi connectivity index (χ1n) is 7.30. The maximum Gasteiger partial charge on any atom is 0.425 e. The SMILES string of the molecule is COc1cccc(/C=C2/SC3C=CC(C(=O)O)=CC3=[N+](C)C2=O)c1. The van der Waals surface area contributed by atoms with Crippen LogP contribution in [0.2, 0.25) is 0 Å². The highest BCUT2D eigenvalue weighted by Crippen LogP contribution is 2.33. The van der Waals surface area contributed by atoms with Gasteiger partial charge < -0.3 is 9.84 Å². The van der Waals surface area contributed by atoms with Gasteiger partial charge in [-0.15, -0.1) is 0 Å². The van der Waals surface area contributed by atoms with Gasteiger partial charge in [0.2, 0.25) is 5.71 Å². The van der Waals surface area contributed by atoms with Crippen LogP contribution in [0.25, 0.3) is 6.08 Å². The van der Waals surface area contributed by atoms with Crippen LogP contribution >= 0.6 is 11.8 Å². The molecule has 0 radical (unpaired) electrons. The van der Waals surface area contributed by atoms with Crippen molar-refractivity contribution in [2.45, 2.75) is 5.25 Å². The van der Waals surface area contributed by atoms with Crippen LogP contribution in [0.3, 0.4) is 0 Å². The molecule has 1 aromatic rings. The molecule has 1 aliphatic carbocycles. The molecule has 1 aromatic carbocycles. The Morgan fingerprint density at radius 2 is 2.21 bits per heavy atom. The van der Waals surface area contributed by atoms with Gasteiger partial charge in [0.1, 0.15) is 23.0 Å². The molecule has 122 valence electrons. The van der Waals surface area contributed by atoms with Crippen molar-refractivity contribution in [3.63, 3.8) is 0 Å². The standard InChI is InChI=1S/C18H15NO4S/c1-19-14-10-12(18(21)22)6-7-15(14)24-16(17(19)20)9-11-4-3-5-13(8-11)23-2/h3-10,15H,1-2H3/p+1/b16-9+. The molecule has 1 amide bonds. The number of fused-ring (bicyclic) bond motifs is 1.